The highest BCUT2D eigenvalue weighted by molar-refractivity contribution is 8.00. The summed E-state index contributed by atoms with van der Waals surface area (Å²) in [6.07, 6.45) is 1.17. The van der Waals surface area contributed by atoms with E-state index in [0.29, 0.717) is 5.56 Å². The molecule has 3 nitrogen and oxygen atoms in total. The number of aliphatic hydroxyl groups is 1. The third kappa shape index (κ3) is 2.47. The highest BCUT2D eigenvalue weighted by atomic mass is 32.2. The summed E-state index contributed by atoms with van der Waals surface area (Å²) in [4.78, 5) is 5.17. The number of thioether (sulfide) groups is 1. The van der Waals surface area contributed by atoms with Gasteiger partial charge in [-0.2, -0.15) is 5.26 Å². The van der Waals surface area contributed by atoms with Crippen LogP contribution in [0, 0.1) is 11.3 Å². The van der Waals surface area contributed by atoms with Crippen LogP contribution >= 0.6 is 11.8 Å². The third-order valence-electron chi connectivity index (χ3n) is 2.83. The molecule has 0 amide bonds. The van der Waals surface area contributed by atoms with Crippen LogP contribution in [0.4, 0.5) is 0 Å². The Labute approximate surface area is 110 Å². The van der Waals surface area contributed by atoms with Crippen molar-refractivity contribution in [3.63, 3.8) is 0 Å². The van der Waals surface area contributed by atoms with Crippen LogP contribution in [0.3, 0.4) is 0 Å². The van der Waals surface area contributed by atoms with Crippen LogP contribution in [0.1, 0.15) is 19.4 Å². The highest BCUT2D eigenvalue weighted by Gasteiger charge is 2.16. The van der Waals surface area contributed by atoms with Crippen LogP contribution in [0.25, 0.3) is 10.9 Å². The Bertz CT molecular complexity index is 604. The van der Waals surface area contributed by atoms with Crippen molar-refractivity contribution in [1.82, 2.24) is 4.98 Å². The first-order chi connectivity index (χ1) is 8.63. The topological polar surface area (TPSA) is 56.9 Å². The molecule has 0 fully saturated rings. The number of nitrogens with zero attached hydrogens (tertiary/aromatic N) is 2. The van der Waals surface area contributed by atoms with Gasteiger partial charge >= 0.3 is 0 Å². The first-order valence-electron chi connectivity index (χ1n) is 5.76. The molecule has 1 N–H and O–H groups in total. The predicted molar refractivity (Wildman–Crippen MR) is 73.5 cm³/mol. The smallest absolute Gasteiger partial charge is 0.102 e. The number of benzene rings is 1. The fourth-order valence-corrected chi connectivity index (χ4v) is 2.70. The van der Waals surface area contributed by atoms with E-state index in [1.165, 1.54) is 11.8 Å². The SMILES string of the molecule is CC(O)C(C)Sc1c(C#N)cnc2ccccc12. The molecule has 2 atom stereocenters. The van der Waals surface area contributed by atoms with Crippen molar-refractivity contribution >= 4 is 22.7 Å². The standard InChI is InChI=1S/C14H14N2OS/c1-9(17)10(2)18-14-11(7-15)8-16-13-6-4-3-5-12(13)14/h3-6,8-10,17H,1-2H3. The van der Waals surface area contributed by atoms with E-state index >= 15 is 0 Å². The van der Waals surface area contributed by atoms with Gasteiger partial charge in [-0.15, -0.1) is 11.8 Å². The number of aliphatic hydroxyl groups excluding tert-OH is 1. The van der Waals surface area contributed by atoms with Gasteiger partial charge < -0.3 is 5.11 Å². The molecule has 0 radical (unpaired) electrons. The molecular weight excluding hydrogens is 244 g/mol. The van der Waals surface area contributed by atoms with E-state index in [-0.39, 0.29) is 5.25 Å². The lowest BCUT2D eigenvalue weighted by Gasteiger charge is -2.16. The van der Waals surface area contributed by atoms with E-state index in [4.69, 9.17) is 5.26 Å². The number of pyridine rings is 1. The molecule has 0 saturated heterocycles. The van der Waals surface area contributed by atoms with Gasteiger partial charge in [0.2, 0.25) is 0 Å². The summed E-state index contributed by atoms with van der Waals surface area (Å²) in [5.41, 5.74) is 1.43. The maximum Gasteiger partial charge on any atom is 0.102 e. The van der Waals surface area contributed by atoms with E-state index < -0.39 is 6.10 Å². The summed E-state index contributed by atoms with van der Waals surface area (Å²) in [5.74, 6) is 0. The minimum absolute atomic E-state index is 0.0305. The van der Waals surface area contributed by atoms with Crippen molar-refractivity contribution in [1.29, 1.82) is 5.26 Å². The highest BCUT2D eigenvalue weighted by Crippen LogP contribution is 2.33. The number of fused-ring (bicyclic) bond motifs is 1. The number of hydrogen-bond donors (Lipinski definition) is 1. The van der Waals surface area contributed by atoms with E-state index in [2.05, 4.69) is 11.1 Å². The van der Waals surface area contributed by atoms with Gasteiger partial charge in [-0.3, -0.25) is 4.98 Å². The summed E-state index contributed by atoms with van der Waals surface area (Å²) < 4.78 is 0. The van der Waals surface area contributed by atoms with Gasteiger partial charge in [0.05, 0.1) is 17.2 Å². The molecule has 1 aromatic heterocycles. The fourth-order valence-electron chi connectivity index (χ4n) is 1.61. The molecule has 2 aromatic rings. The first kappa shape index (κ1) is 12.9. The van der Waals surface area contributed by atoms with Gasteiger partial charge in [0, 0.05) is 21.7 Å². The second kappa shape index (κ2) is 5.38. The zero-order valence-corrected chi connectivity index (χ0v) is 11.1. The summed E-state index contributed by atoms with van der Waals surface area (Å²) in [6, 6.07) is 9.91. The molecule has 18 heavy (non-hydrogen) atoms. The fraction of sp³-hybridized carbons (Fsp3) is 0.286. The van der Waals surface area contributed by atoms with Crippen LogP contribution in [0.15, 0.2) is 35.4 Å². The lowest BCUT2D eigenvalue weighted by atomic mass is 10.2. The number of aromatic nitrogens is 1. The van der Waals surface area contributed by atoms with Gasteiger partial charge in [-0.1, -0.05) is 25.1 Å². The molecule has 2 rings (SSSR count). The summed E-state index contributed by atoms with van der Waals surface area (Å²) in [5, 5.41) is 19.8. The zero-order chi connectivity index (χ0) is 13.1. The lowest BCUT2D eigenvalue weighted by molar-refractivity contribution is 0.196. The molecule has 1 heterocycles. The minimum atomic E-state index is -0.423. The molecule has 2 unspecified atom stereocenters. The van der Waals surface area contributed by atoms with Gasteiger partial charge in [0.1, 0.15) is 6.07 Å². The van der Waals surface area contributed by atoms with Crippen molar-refractivity contribution in [2.45, 2.75) is 30.1 Å². The van der Waals surface area contributed by atoms with Gasteiger partial charge in [0.15, 0.2) is 0 Å². The molecular formula is C14H14N2OS. The Morgan fingerprint density at radius 1 is 1.33 bits per heavy atom. The second-order valence-corrected chi connectivity index (χ2v) is 5.58. The summed E-state index contributed by atoms with van der Waals surface area (Å²) in [7, 11) is 0. The van der Waals surface area contributed by atoms with Gasteiger partial charge in [-0.05, 0) is 13.0 Å². The van der Waals surface area contributed by atoms with Gasteiger partial charge in [-0.25, -0.2) is 0 Å². The van der Waals surface area contributed by atoms with Crippen LogP contribution in [0.5, 0.6) is 0 Å². The molecule has 0 saturated carbocycles. The van der Waals surface area contributed by atoms with Crippen molar-refractivity contribution in [3.05, 3.63) is 36.0 Å². The molecule has 0 spiro atoms. The maximum absolute atomic E-state index is 9.60. The molecule has 92 valence electrons. The van der Waals surface area contributed by atoms with Crippen LogP contribution in [-0.2, 0) is 0 Å². The van der Waals surface area contributed by atoms with E-state index in [1.807, 2.05) is 31.2 Å². The van der Waals surface area contributed by atoms with Crippen molar-refractivity contribution < 1.29 is 5.11 Å². The van der Waals surface area contributed by atoms with Crippen LogP contribution < -0.4 is 0 Å². The summed E-state index contributed by atoms with van der Waals surface area (Å²) >= 11 is 1.52. The largest absolute Gasteiger partial charge is 0.392 e. The Morgan fingerprint density at radius 3 is 2.72 bits per heavy atom. The molecule has 0 aliphatic rings. The molecule has 0 bridgehead atoms. The second-order valence-electron chi connectivity index (χ2n) is 4.19. The molecule has 1 aromatic carbocycles. The molecule has 4 heteroatoms. The Kier molecular flexibility index (Phi) is 3.85. The van der Waals surface area contributed by atoms with Crippen molar-refractivity contribution in [2.75, 3.05) is 0 Å². The van der Waals surface area contributed by atoms with Gasteiger partial charge in [0.25, 0.3) is 0 Å². The molecule has 0 aliphatic carbocycles. The van der Waals surface area contributed by atoms with E-state index in [1.54, 1.807) is 13.1 Å². The Balaban J connectivity index is 2.55. The van der Waals surface area contributed by atoms with Crippen LogP contribution in [-0.4, -0.2) is 21.4 Å². The number of para-hydroxylation sites is 1. The zero-order valence-electron chi connectivity index (χ0n) is 10.3. The lowest BCUT2D eigenvalue weighted by Crippen LogP contribution is -2.15. The Hall–Kier alpha value is -1.57. The monoisotopic (exact) mass is 258 g/mol. The quantitative estimate of drug-likeness (QED) is 0.860. The normalized spacial score (nSPS) is 14.1. The average Bonchev–Trinajstić information content (AvgIpc) is 2.39. The number of nitriles is 1. The van der Waals surface area contributed by atoms with Crippen molar-refractivity contribution in [2.24, 2.45) is 0 Å². The minimum Gasteiger partial charge on any atom is -0.392 e. The predicted octanol–water partition coefficient (Wildman–Crippen LogP) is 2.97. The van der Waals surface area contributed by atoms with E-state index in [9.17, 15) is 5.11 Å². The number of rotatable bonds is 3. The third-order valence-corrected chi connectivity index (χ3v) is 4.27. The van der Waals surface area contributed by atoms with Crippen molar-refractivity contribution in [3.8, 4) is 6.07 Å². The number of hydrogen-bond acceptors (Lipinski definition) is 4. The molecule has 0 aliphatic heterocycles. The Morgan fingerprint density at radius 2 is 2.06 bits per heavy atom. The van der Waals surface area contributed by atoms with E-state index in [0.717, 1.165) is 15.8 Å². The average molecular weight is 258 g/mol. The first-order valence-corrected chi connectivity index (χ1v) is 6.64. The van der Waals surface area contributed by atoms with Crippen LogP contribution in [0.2, 0.25) is 0 Å². The maximum atomic E-state index is 9.60. The summed E-state index contributed by atoms with van der Waals surface area (Å²) in [6.45, 7) is 3.71.